The van der Waals surface area contributed by atoms with Gasteiger partial charge in [-0.15, -0.1) is 13.2 Å². The molecule has 4 N–H and O–H groups in total. The highest BCUT2D eigenvalue weighted by atomic mass is 19.4. The summed E-state index contributed by atoms with van der Waals surface area (Å²) >= 11 is 0. The summed E-state index contributed by atoms with van der Waals surface area (Å²) < 4.78 is 39.2. The maximum atomic E-state index is 11.9. The number of aromatic nitrogens is 1. The molecule has 0 fully saturated rings. The van der Waals surface area contributed by atoms with Gasteiger partial charge in [0, 0.05) is 12.6 Å². The smallest absolute Gasteiger partial charge is 0.388 e. The highest BCUT2D eigenvalue weighted by Gasteiger charge is 2.33. The molecular weight excluding hydrogens is 245 g/mol. The summed E-state index contributed by atoms with van der Waals surface area (Å²) in [4.78, 5) is 12.8. The minimum Gasteiger partial charge on any atom is -0.388 e. The molecule has 0 radical (unpaired) electrons. The van der Waals surface area contributed by atoms with Gasteiger partial charge in [-0.1, -0.05) is 0 Å². The average Bonchev–Trinajstić information content (AvgIpc) is 2.12. The number of hydrogen-bond acceptors (Lipinski definition) is 6. The molecule has 0 atom stereocenters. The van der Waals surface area contributed by atoms with Gasteiger partial charge in [0.15, 0.2) is 0 Å². The number of nitrogen functional groups attached to an aromatic ring is 1. The van der Waals surface area contributed by atoms with Gasteiger partial charge in [-0.2, -0.15) is 4.98 Å². The lowest BCUT2D eigenvalue weighted by atomic mass is 10.2. The van der Waals surface area contributed by atoms with E-state index in [9.17, 15) is 23.3 Å². The Labute approximate surface area is 92.3 Å². The highest BCUT2D eigenvalue weighted by Crippen LogP contribution is 2.30. The van der Waals surface area contributed by atoms with Crippen LogP contribution in [-0.2, 0) is 6.54 Å². The summed E-state index contributed by atoms with van der Waals surface area (Å²) in [5.74, 6) is -1.57. The fourth-order valence-electron chi connectivity index (χ4n) is 1.12. The van der Waals surface area contributed by atoms with E-state index in [2.05, 4.69) is 9.72 Å². The molecule has 0 amide bonds. The second-order valence-corrected chi connectivity index (χ2v) is 2.86. The lowest BCUT2D eigenvalue weighted by Crippen LogP contribution is -2.19. The number of halogens is 3. The van der Waals surface area contributed by atoms with E-state index in [4.69, 9.17) is 11.5 Å². The first-order valence-electron chi connectivity index (χ1n) is 4.14. The summed E-state index contributed by atoms with van der Waals surface area (Å²) in [5.41, 5.74) is 9.51. The van der Waals surface area contributed by atoms with Crippen LogP contribution >= 0.6 is 0 Å². The van der Waals surface area contributed by atoms with E-state index in [-0.39, 0.29) is 12.1 Å². The first-order valence-corrected chi connectivity index (χ1v) is 4.14. The van der Waals surface area contributed by atoms with Gasteiger partial charge in [-0.05, 0) is 0 Å². The van der Waals surface area contributed by atoms with Gasteiger partial charge < -0.3 is 16.2 Å². The Kier molecular flexibility index (Phi) is 3.36. The summed E-state index contributed by atoms with van der Waals surface area (Å²) in [6.07, 6.45) is -4.96. The van der Waals surface area contributed by atoms with Crippen molar-refractivity contribution in [3.8, 4) is 5.88 Å². The van der Waals surface area contributed by atoms with Crippen LogP contribution < -0.4 is 16.2 Å². The molecule has 0 saturated heterocycles. The van der Waals surface area contributed by atoms with E-state index in [0.717, 1.165) is 6.07 Å². The largest absolute Gasteiger partial charge is 0.574 e. The van der Waals surface area contributed by atoms with Gasteiger partial charge in [0.1, 0.15) is 0 Å². The van der Waals surface area contributed by atoms with Gasteiger partial charge in [0.05, 0.1) is 10.5 Å². The maximum Gasteiger partial charge on any atom is 0.574 e. The second kappa shape index (κ2) is 4.41. The van der Waals surface area contributed by atoms with Crippen LogP contribution in [0.5, 0.6) is 5.88 Å². The van der Waals surface area contributed by atoms with Crippen LogP contribution in [0.3, 0.4) is 0 Å². The van der Waals surface area contributed by atoms with E-state index in [1.54, 1.807) is 0 Å². The van der Waals surface area contributed by atoms with Crippen molar-refractivity contribution in [3.63, 3.8) is 0 Å². The Hall–Kier alpha value is -2.10. The number of nitrogens with two attached hydrogens (primary N) is 2. The first kappa shape index (κ1) is 13.0. The number of ether oxygens (including phenoxy) is 1. The van der Waals surface area contributed by atoms with Crippen molar-refractivity contribution in [3.05, 3.63) is 21.7 Å². The molecule has 1 rings (SSSR count). The van der Waals surface area contributed by atoms with Gasteiger partial charge in [-0.3, -0.25) is 10.1 Å². The molecule has 1 aromatic rings. The Bertz CT molecular complexity index is 449. The summed E-state index contributed by atoms with van der Waals surface area (Å²) in [7, 11) is 0. The highest BCUT2D eigenvalue weighted by molar-refractivity contribution is 5.59. The quantitative estimate of drug-likeness (QED) is 0.610. The second-order valence-electron chi connectivity index (χ2n) is 2.86. The SMILES string of the molecule is NCc1cc(OC(F)(F)F)nc(N)c1[N+](=O)[O-]. The molecule has 94 valence electrons. The lowest BCUT2D eigenvalue weighted by molar-refractivity contribution is -0.384. The van der Waals surface area contributed by atoms with Gasteiger partial charge in [-0.25, -0.2) is 0 Å². The van der Waals surface area contributed by atoms with Crippen molar-refractivity contribution < 1.29 is 22.8 Å². The number of rotatable bonds is 3. The van der Waals surface area contributed by atoms with Crippen LogP contribution in [0.15, 0.2) is 6.07 Å². The predicted molar refractivity (Wildman–Crippen MR) is 49.9 cm³/mol. The molecule has 1 aromatic heterocycles. The number of pyridine rings is 1. The number of alkyl halides is 3. The summed E-state index contributed by atoms with van der Waals surface area (Å²) in [5, 5.41) is 10.6. The summed E-state index contributed by atoms with van der Waals surface area (Å²) in [6.45, 7) is -0.364. The van der Waals surface area contributed by atoms with Crippen LogP contribution in [0.1, 0.15) is 5.56 Å². The molecule has 7 nitrogen and oxygen atoms in total. The zero-order chi connectivity index (χ0) is 13.2. The van der Waals surface area contributed by atoms with Crippen LogP contribution in [0.4, 0.5) is 24.7 Å². The normalized spacial score (nSPS) is 11.3. The lowest BCUT2D eigenvalue weighted by Gasteiger charge is -2.10. The Morgan fingerprint density at radius 3 is 2.53 bits per heavy atom. The van der Waals surface area contributed by atoms with Crippen LogP contribution in [0.25, 0.3) is 0 Å². The van der Waals surface area contributed by atoms with E-state index in [0.29, 0.717) is 0 Å². The van der Waals surface area contributed by atoms with Crippen molar-refractivity contribution >= 4 is 11.5 Å². The molecule has 1 heterocycles. The molecule has 0 spiro atoms. The molecular formula is C7H7F3N4O3. The maximum absolute atomic E-state index is 11.9. The van der Waals surface area contributed by atoms with Crippen molar-refractivity contribution in [1.82, 2.24) is 4.98 Å². The third-order valence-corrected chi connectivity index (χ3v) is 1.70. The molecule has 0 aliphatic rings. The Morgan fingerprint density at radius 1 is 1.53 bits per heavy atom. The number of nitro groups is 1. The topological polar surface area (TPSA) is 117 Å². The van der Waals surface area contributed by atoms with E-state index < -0.39 is 28.7 Å². The predicted octanol–water partition coefficient (Wildman–Crippen LogP) is 0.929. The zero-order valence-corrected chi connectivity index (χ0v) is 8.19. The standard InChI is InChI=1S/C7H7F3N4O3/c8-7(9,10)17-4-1-3(2-11)5(14(15)16)6(12)13-4/h1H,2,11H2,(H2,12,13). The number of hydrogen-bond donors (Lipinski definition) is 2. The minimum atomic E-state index is -4.96. The average molecular weight is 252 g/mol. The molecule has 10 heteroatoms. The van der Waals surface area contributed by atoms with Gasteiger partial charge >= 0.3 is 12.0 Å². The van der Waals surface area contributed by atoms with Crippen molar-refractivity contribution in [2.24, 2.45) is 5.73 Å². The Balaban J connectivity index is 3.23. The monoisotopic (exact) mass is 252 g/mol. The van der Waals surface area contributed by atoms with Gasteiger partial charge in [0.25, 0.3) is 0 Å². The van der Waals surface area contributed by atoms with Crippen molar-refractivity contribution in [2.45, 2.75) is 12.9 Å². The number of anilines is 1. The van der Waals surface area contributed by atoms with Crippen LogP contribution in [0.2, 0.25) is 0 Å². The fourth-order valence-corrected chi connectivity index (χ4v) is 1.12. The molecule has 0 aliphatic heterocycles. The van der Waals surface area contributed by atoms with E-state index >= 15 is 0 Å². The molecule has 17 heavy (non-hydrogen) atoms. The van der Waals surface area contributed by atoms with Crippen molar-refractivity contribution in [1.29, 1.82) is 0 Å². The molecule has 0 saturated carbocycles. The van der Waals surface area contributed by atoms with E-state index in [1.165, 1.54) is 0 Å². The summed E-state index contributed by atoms with van der Waals surface area (Å²) in [6, 6.07) is 0.724. The van der Waals surface area contributed by atoms with Crippen LogP contribution in [0, 0.1) is 10.1 Å². The zero-order valence-electron chi connectivity index (χ0n) is 8.19. The molecule has 0 aromatic carbocycles. The minimum absolute atomic E-state index is 0.193. The first-order chi connectivity index (χ1) is 7.74. The molecule has 0 aliphatic carbocycles. The fraction of sp³-hybridized carbons (Fsp3) is 0.286. The molecule has 0 unspecified atom stereocenters. The van der Waals surface area contributed by atoms with Crippen LogP contribution in [-0.4, -0.2) is 16.3 Å². The third-order valence-electron chi connectivity index (χ3n) is 1.70. The third kappa shape index (κ3) is 3.17. The van der Waals surface area contributed by atoms with E-state index in [1.807, 2.05) is 0 Å². The number of nitrogens with zero attached hydrogens (tertiary/aromatic N) is 2. The van der Waals surface area contributed by atoms with Gasteiger partial charge in [0.2, 0.25) is 11.7 Å². The molecule has 0 bridgehead atoms. The Morgan fingerprint density at radius 2 is 2.12 bits per heavy atom. The van der Waals surface area contributed by atoms with Crippen molar-refractivity contribution in [2.75, 3.05) is 5.73 Å².